The van der Waals surface area contributed by atoms with Crippen molar-refractivity contribution in [3.63, 3.8) is 0 Å². The molecule has 2 aromatic carbocycles. The van der Waals surface area contributed by atoms with Gasteiger partial charge in [0.25, 0.3) is 0 Å². The van der Waals surface area contributed by atoms with Gasteiger partial charge < -0.3 is 19.8 Å². The summed E-state index contributed by atoms with van der Waals surface area (Å²) in [6.45, 7) is 0. The molecule has 0 fully saturated rings. The smallest absolute Gasteiger partial charge is 0.550 e. The molecule has 0 saturated carbocycles. The molecule has 0 N–H and O–H groups in total. The average Bonchev–Trinajstić information content (AvgIpc) is 2.53. The third kappa shape index (κ3) is 2.70. The Kier molecular flexibility index (Phi) is 6.01. The maximum Gasteiger partial charge on any atom is 1.00 e. The van der Waals surface area contributed by atoms with Gasteiger partial charge in [0.15, 0.2) is 0 Å². The molecule has 2 unspecified atom stereocenters. The van der Waals surface area contributed by atoms with Crippen LogP contribution in [-0.2, 0) is 9.59 Å². The molecule has 0 amide bonds. The van der Waals surface area contributed by atoms with Crippen LogP contribution >= 0.6 is 0 Å². The van der Waals surface area contributed by atoms with Crippen molar-refractivity contribution in [3.8, 4) is 0 Å². The normalized spacial score (nSPS) is 25.5. The second kappa shape index (κ2) is 7.32. The molecule has 0 aliphatic heterocycles. The molecule has 24 heavy (non-hydrogen) atoms. The van der Waals surface area contributed by atoms with E-state index in [1.165, 1.54) is 0 Å². The van der Waals surface area contributed by atoms with Gasteiger partial charge in [-0.25, -0.2) is 0 Å². The first-order chi connectivity index (χ1) is 10.6. The predicted octanol–water partition coefficient (Wildman–Crippen LogP) is -5.98. The van der Waals surface area contributed by atoms with E-state index in [2.05, 4.69) is 0 Å². The van der Waals surface area contributed by atoms with Crippen molar-refractivity contribution < 1.29 is 78.9 Å². The molecule has 0 spiro atoms. The van der Waals surface area contributed by atoms with Crippen LogP contribution in [0.2, 0.25) is 0 Å². The summed E-state index contributed by atoms with van der Waals surface area (Å²) < 4.78 is 0. The molecular formula is C18H12Na2O4. The molecule has 0 radical (unpaired) electrons. The third-order valence-electron chi connectivity index (χ3n) is 4.98. The van der Waals surface area contributed by atoms with E-state index in [1.807, 2.05) is 48.5 Å². The minimum atomic E-state index is -1.33. The predicted molar refractivity (Wildman–Crippen MR) is 73.6 cm³/mol. The van der Waals surface area contributed by atoms with Gasteiger partial charge in [-0.2, -0.15) is 0 Å². The standard InChI is InChI=1S/C18H14O4.2Na/c19-17(20)15-13-9-5-1-2-6-10(9)14(16(15)18(21)22)12-8-4-3-7-11(12)13;;/h1-8,13-16H,(H,19,20)(H,21,22);;/q;2*+1/p-2. The number of carboxylic acids is 2. The van der Waals surface area contributed by atoms with Crippen molar-refractivity contribution in [2.24, 2.45) is 11.8 Å². The van der Waals surface area contributed by atoms with Gasteiger partial charge in [-0.3, -0.25) is 0 Å². The van der Waals surface area contributed by atoms with Crippen molar-refractivity contribution >= 4 is 11.9 Å². The number of aliphatic carboxylic acids is 2. The second-order valence-electron chi connectivity index (χ2n) is 5.90. The van der Waals surface area contributed by atoms with Gasteiger partial charge in [-0.15, -0.1) is 0 Å². The topological polar surface area (TPSA) is 80.3 Å². The first kappa shape index (κ1) is 19.7. The van der Waals surface area contributed by atoms with E-state index < -0.39 is 35.6 Å². The Morgan fingerprint density at radius 2 is 0.875 bits per heavy atom. The van der Waals surface area contributed by atoms with Gasteiger partial charge in [-0.1, -0.05) is 48.5 Å². The van der Waals surface area contributed by atoms with Gasteiger partial charge in [0.1, 0.15) is 0 Å². The Morgan fingerprint density at radius 1 is 0.625 bits per heavy atom. The molecule has 0 heterocycles. The molecule has 110 valence electrons. The van der Waals surface area contributed by atoms with E-state index in [1.54, 1.807) is 0 Å². The van der Waals surface area contributed by atoms with Crippen LogP contribution in [0.4, 0.5) is 0 Å². The molecule has 3 aliphatic rings. The number of benzene rings is 2. The largest absolute Gasteiger partial charge is 1.00 e. The summed E-state index contributed by atoms with van der Waals surface area (Å²) >= 11 is 0. The summed E-state index contributed by atoms with van der Waals surface area (Å²) in [5.41, 5.74) is 3.55. The number of fused-ring (bicyclic) bond motifs is 1. The zero-order chi connectivity index (χ0) is 15.4. The van der Waals surface area contributed by atoms with E-state index in [4.69, 9.17) is 0 Å². The maximum absolute atomic E-state index is 11.7. The summed E-state index contributed by atoms with van der Waals surface area (Å²) in [7, 11) is 0. The zero-order valence-electron chi connectivity index (χ0n) is 13.6. The SMILES string of the molecule is O=C([O-])C1C2c3ccccc3C(c3ccccc32)C1C(=O)[O-].[Na+].[Na+]. The van der Waals surface area contributed by atoms with Gasteiger partial charge in [0, 0.05) is 35.6 Å². The van der Waals surface area contributed by atoms with E-state index in [-0.39, 0.29) is 59.1 Å². The first-order valence-electron chi connectivity index (χ1n) is 7.20. The number of rotatable bonds is 2. The van der Waals surface area contributed by atoms with E-state index in [0.717, 1.165) is 22.3 Å². The molecule has 2 atom stereocenters. The van der Waals surface area contributed by atoms with Crippen LogP contribution in [0.15, 0.2) is 48.5 Å². The van der Waals surface area contributed by atoms with Gasteiger partial charge in [0.05, 0.1) is 0 Å². The third-order valence-corrected chi connectivity index (χ3v) is 4.98. The molecule has 2 bridgehead atoms. The number of carbonyl (C=O) groups excluding carboxylic acids is 2. The Hall–Kier alpha value is -0.620. The minimum absolute atomic E-state index is 0. The summed E-state index contributed by atoms with van der Waals surface area (Å²) in [5.74, 6) is -5.84. The van der Waals surface area contributed by atoms with Crippen LogP contribution < -0.4 is 69.3 Å². The first-order valence-corrected chi connectivity index (χ1v) is 7.20. The van der Waals surface area contributed by atoms with Crippen LogP contribution in [0.1, 0.15) is 34.1 Å². The fraction of sp³-hybridized carbons (Fsp3) is 0.222. The molecule has 5 rings (SSSR count). The fourth-order valence-corrected chi connectivity index (χ4v) is 4.24. The van der Waals surface area contributed by atoms with Crippen molar-refractivity contribution in [1.29, 1.82) is 0 Å². The molecule has 4 nitrogen and oxygen atoms in total. The van der Waals surface area contributed by atoms with Gasteiger partial charge >= 0.3 is 59.1 Å². The van der Waals surface area contributed by atoms with Crippen LogP contribution in [0.3, 0.4) is 0 Å². The monoisotopic (exact) mass is 338 g/mol. The molecule has 2 aromatic rings. The van der Waals surface area contributed by atoms with Crippen LogP contribution in [-0.4, -0.2) is 11.9 Å². The van der Waals surface area contributed by atoms with Gasteiger partial charge in [-0.05, 0) is 22.3 Å². The second-order valence-corrected chi connectivity index (χ2v) is 5.90. The Morgan fingerprint density at radius 3 is 1.08 bits per heavy atom. The summed E-state index contributed by atoms with van der Waals surface area (Å²) in [6.07, 6.45) is 0. The zero-order valence-corrected chi connectivity index (χ0v) is 17.6. The molecular weight excluding hydrogens is 326 g/mol. The maximum atomic E-state index is 11.7. The van der Waals surface area contributed by atoms with E-state index in [0.29, 0.717) is 0 Å². The Balaban J connectivity index is 0.00000104. The number of hydrogen-bond donors (Lipinski definition) is 0. The summed E-state index contributed by atoms with van der Waals surface area (Å²) in [6, 6.07) is 14.9. The molecule has 6 heteroatoms. The van der Waals surface area contributed by atoms with Crippen molar-refractivity contribution in [2.75, 3.05) is 0 Å². The quantitative estimate of drug-likeness (QED) is 0.511. The van der Waals surface area contributed by atoms with Crippen LogP contribution in [0.25, 0.3) is 0 Å². The average molecular weight is 338 g/mol. The van der Waals surface area contributed by atoms with Gasteiger partial charge in [0.2, 0.25) is 0 Å². The number of hydrogen-bond acceptors (Lipinski definition) is 4. The van der Waals surface area contributed by atoms with Crippen molar-refractivity contribution in [2.45, 2.75) is 11.8 Å². The Labute approximate surface area is 183 Å². The summed E-state index contributed by atoms with van der Waals surface area (Å²) in [5, 5.41) is 23.4. The number of carboxylic acid groups (broad SMARTS) is 2. The van der Waals surface area contributed by atoms with Crippen molar-refractivity contribution in [3.05, 3.63) is 70.8 Å². The summed E-state index contributed by atoms with van der Waals surface area (Å²) in [4.78, 5) is 23.4. The van der Waals surface area contributed by atoms with Crippen LogP contribution in [0.5, 0.6) is 0 Å². The Bertz CT molecular complexity index is 692. The molecule has 0 aromatic heterocycles. The molecule has 0 saturated heterocycles. The molecule has 3 aliphatic carbocycles. The fourth-order valence-electron chi connectivity index (χ4n) is 4.24. The van der Waals surface area contributed by atoms with Crippen molar-refractivity contribution in [1.82, 2.24) is 0 Å². The number of carbonyl (C=O) groups is 2. The van der Waals surface area contributed by atoms with E-state index in [9.17, 15) is 19.8 Å². The minimum Gasteiger partial charge on any atom is -0.550 e. The van der Waals surface area contributed by atoms with E-state index >= 15 is 0 Å². The van der Waals surface area contributed by atoms with Crippen LogP contribution in [0, 0.1) is 11.8 Å².